The molecule has 1 aliphatic rings. The smallest absolute Gasteiger partial charge is 0.178 e. The summed E-state index contributed by atoms with van der Waals surface area (Å²) >= 11 is 5.97. The predicted molar refractivity (Wildman–Crippen MR) is 96.6 cm³/mol. The van der Waals surface area contributed by atoms with E-state index in [-0.39, 0.29) is 11.9 Å². The molecule has 0 aliphatic carbocycles. The summed E-state index contributed by atoms with van der Waals surface area (Å²) in [4.78, 5) is 14.9. The number of rotatable bonds is 4. The van der Waals surface area contributed by atoms with Crippen LogP contribution in [0.5, 0.6) is 0 Å². The number of aromatic nitrogens is 1. The van der Waals surface area contributed by atoms with Gasteiger partial charge in [0, 0.05) is 36.9 Å². The Labute approximate surface area is 147 Å². The van der Waals surface area contributed by atoms with Crippen molar-refractivity contribution in [2.75, 3.05) is 19.6 Å². The lowest BCUT2D eigenvalue weighted by molar-refractivity contribution is 0.0711. The van der Waals surface area contributed by atoms with E-state index in [0.717, 1.165) is 48.3 Å². The number of carbonyl (C=O) groups excluding carboxylic acids is 1. The molecule has 2 heterocycles. The van der Waals surface area contributed by atoms with Crippen molar-refractivity contribution in [1.82, 2.24) is 9.47 Å². The number of carbonyl (C=O) groups is 1. The lowest BCUT2D eigenvalue weighted by atomic mass is 10.0. The first-order valence-corrected chi connectivity index (χ1v) is 8.69. The number of hydrogen-bond donors (Lipinski definition) is 1. The van der Waals surface area contributed by atoms with Crippen LogP contribution in [0.4, 0.5) is 0 Å². The van der Waals surface area contributed by atoms with E-state index in [1.54, 1.807) is 0 Å². The minimum atomic E-state index is -0.216. The molecule has 1 aromatic heterocycles. The van der Waals surface area contributed by atoms with Crippen molar-refractivity contribution in [3.63, 3.8) is 0 Å². The van der Waals surface area contributed by atoms with E-state index in [2.05, 4.69) is 4.90 Å². The Kier molecular flexibility index (Phi) is 5.09. The van der Waals surface area contributed by atoms with Gasteiger partial charge in [0.05, 0.1) is 18.3 Å². The maximum atomic E-state index is 12.7. The number of ketones is 1. The van der Waals surface area contributed by atoms with Gasteiger partial charge in [-0.1, -0.05) is 23.7 Å². The summed E-state index contributed by atoms with van der Waals surface area (Å²) < 4.78 is 2.01. The van der Waals surface area contributed by atoms with Gasteiger partial charge in [-0.05, 0) is 43.0 Å². The summed E-state index contributed by atoms with van der Waals surface area (Å²) in [5.74, 6) is 0.139. The van der Waals surface area contributed by atoms with Crippen LogP contribution in [0.3, 0.4) is 0 Å². The second-order valence-electron chi connectivity index (χ2n) is 6.56. The Morgan fingerprint density at radius 3 is 2.50 bits per heavy atom. The van der Waals surface area contributed by atoms with Crippen molar-refractivity contribution in [2.45, 2.75) is 25.9 Å². The molecule has 0 spiro atoms. The number of Topliss-reactive ketones (excluding diaryl/α,β-unsaturated/α-hetero) is 1. The minimum Gasteiger partial charge on any atom is -0.393 e. The maximum absolute atomic E-state index is 12.7. The van der Waals surface area contributed by atoms with Gasteiger partial charge in [0.2, 0.25) is 0 Å². The molecule has 0 unspecified atom stereocenters. The third kappa shape index (κ3) is 3.56. The van der Waals surface area contributed by atoms with Crippen molar-refractivity contribution in [1.29, 1.82) is 0 Å². The zero-order valence-electron chi connectivity index (χ0n) is 14.1. The molecule has 0 saturated carbocycles. The van der Waals surface area contributed by atoms with Crippen LogP contribution in [0.25, 0.3) is 11.3 Å². The van der Waals surface area contributed by atoms with Crippen molar-refractivity contribution in [2.24, 2.45) is 7.05 Å². The van der Waals surface area contributed by atoms with Crippen molar-refractivity contribution in [3.8, 4) is 11.3 Å². The molecule has 0 bridgehead atoms. The van der Waals surface area contributed by atoms with E-state index in [1.807, 2.05) is 49.0 Å². The molecular formula is C19H23ClN2O2. The van der Waals surface area contributed by atoms with Crippen LogP contribution in [-0.2, 0) is 7.05 Å². The molecule has 0 atom stereocenters. The van der Waals surface area contributed by atoms with E-state index in [1.165, 1.54) is 0 Å². The van der Waals surface area contributed by atoms with Gasteiger partial charge in [-0.3, -0.25) is 9.69 Å². The number of likely N-dealkylation sites (tertiary alicyclic amines) is 1. The third-order valence-electron chi connectivity index (χ3n) is 4.78. The third-order valence-corrected chi connectivity index (χ3v) is 5.03. The largest absolute Gasteiger partial charge is 0.393 e. The van der Waals surface area contributed by atoms with Crippen LogP contribution < -0.4 is 0 Å². The predicted octanol–water partition coefficient (Wildman–Crippen LogP) is 3.29. The summed E-state index contributed by atoms with van der Waals surface area (Å²) in [6.45, 7) is 3.97. The first-order chi connectivity index (χ1) is 11.5. The SMILES string of the molecule is Cc1c(C(=O)CN2CCC(O)CC2)cn(C)c1-c1ccc(Cl)cc1. The molecule has 1 N–H and O–H groups in total. The van der Waals surface area contributed by atoms with Crippen LogP contribution in [0.1, 0.15) is 28.8 Å². The summed E-state index contributed by atoms with van der Waals surface area (Å²) in [7, 11) is 1.96. The molecule has 3 rings (SSSR count). The van der Waals surface area contributed by atoms with Crippen LogP contribution in [-0.4, -0.2) is 46.1 Å². The van der Waals surface area contributed by atoms with E-state index in [0.29, 0.717) is 11.6 Å². The van der Waals surface area contributed by atoms with Gasteiger partial charge in [0.1, 0.15) is 0 Å². The Hall–Kier alpha value is -1.62. The Morgan fingerprint density at radius 2 is 1.88 bits per heavy atom. The average molecular weight is 347 g/mol. The topological polar surface area (TPSA) is 45.5 Å². The normalized spacial score (nSPS) is 16.5. The molecule has 0 radical (unpaired) electrons. The number of aliphatic hydroxyl groups excluding tert-OH is 1. The zero-order valence-corrected chi connectivity index (χ0v) is 14.9. The lowest BCUT2D eigenvalue weighted by Gasteiger charge is -2.28. The van der Waals surface area contributed by atoms with Crippen LogP contribution in [0, 0.1) is 6.92 Å². The Morgan fingerprint density at radius 1 is 1.25 bits per heavy atom. The number of piperidine rings is 1. The van der Waals surface area contributed by atoms with Crippen molar-refractivity contribution >= 4 is 17.4 Å². The highest BCUT2D eigenvalue weighted by Crippen LogP contribution is 2.28. The van der Waals surface area contributed by atoms with Crippen LogP contribution >= 0.6 is 11.6 Å². The van der Waals surface area contributed by atoms with E-state index >= 15 is 0 Å². The van der Waals surface area contributed by atoms with Gasteiger partial charge < -0.3 is 9.67 Å². The molecule has 24 heavy (non-hydrogen) atoms. The molecular weight excluding hydrogens is 324 g/mol. The fourth-order valence-electron chi connectivity index (χ4n) is 3.42. The van der Waals surface area contributed by atoms with Gasteiger partial charge in [-0.25, -0.2) is 0 Å². The molecule has 1 aliphatic heterocycles. The minimum absolute atomic E-state index is 0.139. The number of benzene rings is 1. The van der Waals surface area contributed by atoms with Gasteiger partial charge in [0.25, 0.3) is 0 Å². The van der Waals surface area contributed by atoms with E-state index in [4.69, 9.17) is 11.6 Å². The number of aryl methyl sites for hydroxylation is 1. The first kappa shape index (κ1) is 17.2. The Bertz CT molecular complexity index is 729. The molecule has 1 aromatic carbocycles. The number of hydrogen-bond acceptors (Lipinski definition) is 3. The van der Waals surface area contributed by atoms with Crippen LogP contribution in [0.15, 0.2) is 30.5 Å². The first-order valence-electron chi connectivity index (χ1n) is 8.31. The standard InChI is InChI=1S/C19H23ClN2O2/c1-13-17(18(24)12-22-9-7-16(23)8-10-22)11-21(2)19(13)14-3-5-15(20)6-4-14/h3-6,11,16,23H,7-10,12H2,1-2H3. The van der Waals surface area contributed by atoms with Crippen LogP contribution in [0.2, 0.25) is 5.02 Å². The second-order valence-corrected chi connectivity index (χ2v) is 7.00. The average Bonchev–Trinajstić information content (AvgIpc) is 2.85. The van der Waals surface area contributed by atoms with Gasteiger partial charge in [-0.2, -0.15) is 0 Å². The lowest BCUT2D eigenvalue weighted by Crippen LogP contribution is -2.39. The summed E-state index contributed by atoms with van der Waals surface area (Å²) in [5.41, 5.74) is 3.87. The highest BCUT2D eigenvalue weighted by molar-refractivity contribution is 6.30. The molecule has 1 fully saturated rings. The van der Waals surface area contributed by atoms with Gasteiger partial charge in [0.15, 0.2) is 5.78 Å². The van der Waals surface area contributed by atoms with Gasteiger partial charge >= 0.3 is 0 Å². The molecule has 2 aromatic rings. The summed E-state index contributed by atoms with van der Waals surface area (Å²) in [6.07, 6.45) is 3.19. The van der Waals surface area contributed by atoms with Crippen molar-refractivity contribution < 1.29 is 9.90 Å². The molecule has 0 amide bonds. The summed E-state index contributed by atoms with van der Waals surface area (Å²) in [5, 5.41) is 10.3. The zero-order chi connectivity index (χ0) is 17.3. The quantitative estimate of drug-likeness (QED) is 0.864. The highest BCUT2D eigenvalue weighted by Gasteiger charge is 2.22. The fourth-order valence-corrected chi connectivity index (χ4v) is 3.55. The number of nitrogens with zero attached hydrogens (tertiary/aromatic N) is 2. The van der Waals surface area contributed by atoms with E-state index < -0.39 is 0 Å². The molecule has 1 saturated heterocycles. The molecule has 128 valence electrons. The number of aliphatic hydroxyl groups is 1. The monoisotopic (exact) mass is 346 g/mol. The maximum Gasteiger partial charge on any atom is 0.178 e. The highest BCUT2D eigenvalue weighted by atomic mass is 35.5. The number of halogens is 1. The molecule has 5 heteroatoms. The summed E-state index contributed by atoms with van der Waals surface area (Å²) in [6, 6.07) is 7.68. The second kappa shape index (κ2) is 7.09. The van der Waals surface area contributed by atoms with E-state index in [9.17, 15) is 9.90 Å². The Balaban J connectivity index is 1.80. The van der Waals surface area contributed by atoms with Crippen molar-refractivity contribution in [3.05, 3.63) is 46.6 Å². The van der Waals surface area contributed by atoms with Gasteiger partial charge in [-0.15, -0.1) is 0 Å². The fraction of sp³-hybridized carbons (Fsp3) is 0.421. The molecule has 4 nitrogen and oxygen atoms in total.